The van der Waals surface area contributed by atoms with Gasteiger partial charge in [0.1, 0.15) is 0 Å². The lowest BCUT2D eigenvalue weighted by atomic mass is 9.97. The van der Waals surface area contributed by atoms with Gasteiger partial charge in [-0.3, -0.25) is 4.79 Å². The van der Waals surface area contributed by atoms with Gasteiger partial charge in [0.05, 0.1) is 12.3 Å². The predicted octanol–water partition coefficient (Wildman–Crippen LogP) is 3.12. The van der Waals surface area contributed by atoms with Crippen molar-refractivity contribution in [2.24, 2.45) is 0 Å². The highest BCUT2D eigenvalue weighted by Gasteiger charge is 2.28. The van der Waals surface area contributed by atoms with Gasteiger partial charge in [-0.2, -0.15) is 4.98 Å². The Morgan fingerprint density at radius 3 is 2.69 bits per heavy atom. The third-order valence-electron chi connectivity index (χ3n) is 4.86. The Morgan fingerprint density at radius 2 is 2.00 bits per heavy atom. The Labute approximate surface area is 152 Å². The summed E-state index contributed by atoms with van der Waals surface area (Å²) in [5, 5.41) is 3.87. The smallest absolute Gasteiger partial charge is 0.231 e. The van der Waals surface area contributed by atoms with E-state index in [2.05, 4.69) is 10.1 Å². The molecule has 1 fully saturated rings. The Balaban J connectivity index is 1.39. The van der Waals surface area contributed by atoms with Gasteiger partial charge < -0.3 is 14.0 Å². The van der Waals surface area contributed by atoms with Gasteiger partial charge in [0, 0.05) is 31.2 Å². The monoisotopic (exact) mass is 350 g/mol. The molecule has 6 nitrogen and oxygen atoms in total. The van der Waals surface area contributed by atoms with Crippen LogP contribution in [0.2, 0.25) is 0 Å². The fourth-order valence-corrected chi connectivity index (χ4v) is 3.46. The van der Waals surface area contributed by atoms with E-state index >= 15 is 0 Å². The molecule has 3 aromatic rings. The first-order chi connectivity index (χ1) is 12.7. The summed E-state index contributed by atoms with van der Waals surface area (Å²) in [6.07, 6.45) is 6.38. The van der Waals surface area contributed by atoms with Crippen molar-refractivity contribution in [2.45, 2.75) is 32.1 Å². The number of hydrogen-bond donors (Lipinski definition) is 0. The Hall–Kier alpha value is -2.89. The van der Waals surface area contributed by atoms with Crippen LogP contribution in [0.1, 0.15) is 36.0 Å². The molecule has 3 heterocycles. The van der Waals surface area contributed by atoms with Crippen molar-refractivity contribution in [3.05, 3.63) is 66.1 Å². The summed E-state index contributed by atoms with van der Waals surface area (Å²) in [6, 6.07) is 12.1. The van der Waals surface area contributed by atoms with Crippen molar-refractivity contribution in [2.75, 3.05) is 13.1 Å². The van der Waals surface area contributed by atoms with E-state index in [1.807, 2.05) is 65.2 Å². The minimum absolute atomic E-state index is 0.144. The van der Waals surface area contributed by atoms with Crippen LogP contribution in [-0.2, 0) is 11.2 Å². The molecule has 1 amide bonds. The number of carbonyl (C=O) groups is 1. The van der Waals surface area contributed by atoms with Crippen LogP contribution in [0.5, 0.6) is 0 Å². The fourth-order valence-electron chi connectivity index (χ4n) is 3.46. The Kier molecular flexibility index (Phi) is 4.56. The average molecular weight is 350 g/mol. The van der Waals surface area contributed by atoms with Crippen molar-refractivity contribution in [3.63, 3.8) is 0 Å². The molecule has 2 aromatic heterocycles. The molecule has 4 rings (SSSR count). The van der Waals surface area contributed by atoms with E-state index in [0.717, 1.165) is 30.6 Å². The molecule has 0 aliphatic carbocycles. The first-order valence-corrected chi connectivity index (χ1v) is 8.99. The number of hydrogen-bond acceptors (Lipinski definition) is 4. The third-order valence-corrected chi connectivity index (χ3v) is 4.86. The van der Waals surface area contributed by atoms with Crippen LogP contribution in [-0.4, -0.2) is 38.6 Å². The summed E-state index contributed by atoms with van der Waals surface area (Å²) in [7, 11) is 0. The number of benzene rings is 1. The summed E-state index contributed by atoms with van der Waals surface area (Å²) in [5.74, 6) is 1.59. The van der Waals surface area contributed by atoms with E-state index in [4.69, 9.17) is 4.52 Å². The predicted molar refractivity (Wildman–Crippen MR) is 97.1 cm³/mol. The van der Waals surface area contributed by atoms with Crippen molar-refractivity contribution in [1.82, 2.24) is 19.6 Å². The molecule has 1 saturated heterocycles. The number of carbonyl (C=O) groups excluding carboxylic acids is 1. The lowest BCUT2D eigenvalue weighted by molar-refractivity contribution is -0.131. The number of rotatable bonds is 4. The van der Waals surface area contributed by atoms with Crippen molar-refractivity contribution >= 4 is 5.91 Å². The lowest BCUT2D eigenvalue weighted by Gasteiger charge is -2.31. The Bertz CT molecular complexity index is 868. The normalized spacial score (nSPS) is 17.4. The molecule has 0 N–H and O–H groups in total. The number of nitrogens with zero attached hydrogens (tertiary/aromatic N) is 4. The highest BCUT2D eigenvalue weighted by atomic mass is 16.5. The van der Waals surface area contributed by atoms with E-state index in [-0.39, 0.29) is 11.8 Å². The van der Waals surface area contributed by atoms with E-state index in [1.54, 1.807) is 0 Å². The molecule has 1 aliphatic rings. The molecule has 6 heteroatoms. The van der Waals surface area contributed by atoms with Gasteiger partial charge in [0.2, 0.25) is 11.8 Å². The molecule has 0 radical (unpaired) electrons. The fraction of sp³-hybridized carbons (Fsp3) is 0.350. The molecule has 26 heavy (non-hydrogen) atoms. The van der Waals surface area contributed by atoms with Crippen LogP contribution in [0.4, 0.5) is 0 Å². The van der Waals surface area contributed by atoms with Gasteiger partial charge >= 0.3 is 0 Å². The number of likely N-dealkylation sites (tertiary alicyclic amines) is 1. The van der Waals surface area contributed by atoms with Gasteiger partial charge in [-0.25, -0.2) is 0 Å². The molecular weight excluding hydrogens is 328 g/mol. The quantitative estimate of drug-likeness (QED) is 0.725. The maximum Gasteiger partial charge on any atom is 0.231 e. The summed E-state index contributed by atoms with van der Waals surface area (Å²) in [5.41, 5.74) is 2.12. The van der Waals surface area contributed by atoms with E-state index in [0.29, 0.717) is 24.7 Å². The highest BCUT2D eigenvalue weighted by molar-refractivity contribution is 5.79. The van der Waals surface area contributed by atoms with Crippen LogP contribution >= 0.6 is 0 Å². The first kappa shape index (κ1) is 16.6. The highest BCUT2D eigenvalue weighted by Crippen LogP contribution is 2.26. The molecule has 1 unspecified atom stereocenters. The Morgan fingerprint density at radius 1 is 1.23 bits per heavy atom. The molecule has 1 aliphatic heterocycles. The van der Waals surface area contributed by atoms with Gasteiger partial charge in [-0.1, -0.05) is 17.3 Å². The zero-order valence-electron chi connectivity index (χ0n) is 14.8. The molecule has 0 bridgehead atoms. The summed E-state index contributed by atoms with van der Waals surface area (Å²) >= 11 is 0. The third kappa shape index (κ3) is 3.54. The number of piperidine rings is 1. The van der Waals surface area contributed by atoms with Crippen molar-refractivity contribution in [1.29, 1.82) is 0 Å². The van der Waals surface area contributed by atoms with Crippen molar-refractivity contribution < 1.29 is 9.32 Å². The maximum absolute atomic E-state index is 12.7. The SMILES string of the molecule is Cc1noc(C2CCCN(C(=O)Cc3ccc(-n4cccc4)cc3)C2)n1. The van der Waals surface area contributed by atoms with E-state index in [9.17, 15) is 4.79 Å². The van der Waals surface area contributed by atoms with Crippen LogP contribution in [0, 0.1) is 6.92 Å². The van der Waals surface area contributed by atoms with Crippen LogP contribution in [0.25, 0.3) is 5.69 Å². The van der Waals surface area contributed by atoms with Gasteiger partial charge in [0.25, 0.3) is 0 Å². The molecule has 0 saturated carbocycles. The molecular formula is C20H22N4O2. The zero-order valence-corrected chi connectivity index (χ0v) is 14.8. The summed E-state index contributed by atoms with van der Waals surface area (Å²) in [4.78, 5) is 19.0. The second-order valence-corrected chi connectivity index (χ2v) is 6.79. The second kappa shape index (κ2) is 7.15. The molecule has 1 aromatic carbocycles. The van der Waals surface area contributed by atoms with Crippen LogP contribution < -0.4 is 0 Å². The topological polar surface area (TPSA) is 64.2 Å². The zero-order chi connectivity index (χ0) is 17.9. The second-order valence-electron chi connectivity index (χ2n) is 6.79. The molecule has 0 spiro atoms. The summed E-state index contributed by atoms with van der Waals surface area (Å²) < 4.78 is 7.35. The average Bonchev–Trinajstić information content (AvgIpc) is 3.34. The lowest BCUT2D eigenvalue weighted by Crippen LogP contribution is -2.40. The minimum atomic E-state index is 0.144. The minimum Gasteiger partial charge on any atom is -0.342 e. The van der Waals surface area contributed by atoms with Gasteiger partial charge in [-0.05, 0) is 49.6 Å². The number of aromatic nitrogens is 3. The van der Waals surface area contributed by atoms with Gasteiger partial charge in [-0.15, -0.1) is 0 Å². The van der Waals surface area contributed by atoms with Crippen molar-refractivity contribution in [3.8, 4) is 5.69 Å². The number of amides is 1. The largest absolute Gasteiger partial charge is 0.342 e. The van der Waals surface area contributed by atoms with Crippen LogP contribution in [0.15, 0.2) is 53.3 Å². The van der Waals surface area contributed by atoms with Gasteiger partial charge in [0.15, 0.2) is 5.82 Å². The number of aryl methyl sites for hydroxylation is 1. The standard InChI is InChI=1S/C20H22N4O2/c1-15-21-20(26-22-15)17-5-4-12-24(14-17)19(25)13-16-6-8-18(9-7-16)23-10-2-3-11-23/h2-3,6-11,17H,4-5,12-14H2,1H3. The summed E-state index contributed by atoms with van der Waals surface area (Å²) in [6.45, 7) is 3.27. The molecule has 1 atom stereocenters. The van der Waals surface area contributed by atoms with Crippen LogP contribution in [0.3, 0.4) is 0 Å². The van der Waals surface area contributed by atoms with E-state index < -0.39 is 0 Å². The first-order valence-electron chi connectivity index (χ1n) is 8.99. The van der Waals surface area contributed by atoms with E-state index in [1.165, 1.54) is 0 Å². The maximum atomic E-state index is 12.7. The molecule has 134 valence electrons.